The fraction of sp³-hybridized carbons (Fsp3) is 0.286. The molecule has 0 aliphatic carbocycles. The SMILES string of the molecule is Cc1ccc(C)c(OCc2nnc(SCC(=O)N(C)Cc3ccccc3)o2)c1. The van der Waals surface area contributed by atoms with E-state index in [2.05, 4.69) is 10.2 Å². The third-order valence-electron chi connectivity index (χ3n) is 4.15. The Morgan fingerprint density at radius 3 is 2.71 bits per heavy atom. The summed E-state index contributed by atoms with van der Waals surface area (Å²) >= 11 is 1.23. The van der Waals surface area contributed by atoms with E-state index in [1.165, 1.54) is 11.8 Å². The van der Waals surface area contributed by atoms with Crippen LogP contribution in [0.4, 0.5) is 0 Å². The van der Waals surface area contributed by atoms with Crippen LogP contribution < -0.4 is 4.74 Å². The van der Waals surface area contributed by atoms with E-state index in [-0.39, 0.29) is 18.3 Å². The van der Waals surface area contributed by atoms with Crippen LogP contribution >= 0.6 is 11.8 Å². The Morgan fingerprint density at radius 2 is 1.93 bits per heavy atom. The molecule has 0 spiro atoms. The molecule has 0 saturated carbocycles. The molecule has 3 rings (SSSR count). The van der Waals surface area contributed by atoms with Crippen LogP contribution in [-0.2, 0) is 17.9 Å². The number of hydrogen-bond acceptors (Lipinski definition) is 6. The van der Waals surface area contributed by atoms with E-state index in [1.807, 2.05) is 62.4 Å². The Balaban J connectivity index is 1.47. The molecular formula is C21H23N3O3S. The number of amides is 1. The highest BCUT2D eigenvalue weighted by Crippen LogP contribution is 2.21. The Hall–Kier alpha value is -2.80. The van der Waals surface area contributed by atoms with Gasteiger partial charge in [-0.2, -0.15) is 0 Å². The lowest BCUT2D eigenvalue weighted by Crippen LogP contribution is -2.27. The highest BCUT2D eigenvalue weighted by Gasteiger charge is 2.14. The van der Waals surface area contributed by atoms with Crippen LogP contribution in [-0.4, -0.2) is 33.8 Å². The minimum Gasteiger partial charge on any atom is -0.484 e. The molecule has 2 aromatic carbocycles. The van der Waals surface area contributed by atoms with E-state index in [9.17, 15) is 4.79 Å². The van der Waals surface area contributed by atoms with Gasteiger partial charge in [-0.15, -0.1) is 10.2 Å². The van der Waals surface area contributed by atoms with Gasteiger partial charge in [-0.3, -0.25) is 4.79 Å². The van der Waals surface area contributed by atoms with Crippen molar-refractivity contribution in [3.8, 4) is 5.75 Å². The smallest absolute Gasteiger partial charge is 0.277 e. The van der Waals surface area contributed by atoms with Crippen molar-refractivity contribution >= 4 is 17.7 Å². The summed E-state index contributed by atoms with van der Waals surface area (Å²) in [7, 11) is 1.78. The second kappa shape index (κ2) is 9.41. The van der Waals surface area contributed by atoms with Crippen molar-refractivity contribution in [3.63, 3.8) is 0 Å². The lowest BCUT2D eigenvalue weighted by atomic mass is 10.1. The van der Waals surface area contributed by atoms with Crippen LogP contribution in [0, 0.1) is 13.8 Å². The van der Waals surface area contributed by atoms with Crippen molar-refractivity contribution in [2.75, 3.05) is 12.8 Å². The van der Waals surface area contributed by atoms with Gasteiger partial charge in [0.1, 0.15) is 5.75 Å². The number of hydrogen-bond donors (Lipinski definition) is 0. The largest absolute Gasteiger partial charge is 0.484 e. The van der Waals surface area contributed by atoms with Crippen molar-refractivity contribution < 1.29 is 13.9 Å². The first-order chi connectivity index (χ1) is 13.5. The van der Waals surface area contributed by atoms with Gasteiger partial charge in [0.15, 0.2) is 6.61 Å². The predicted molar refractivity (Wildman–Crippen MR) is 108 cm³/mol. The second-order valence-corrected chi connectivity index (χ2v) is 7.47. The van der Waals surface area contributed by atoms with E-state index in [0.29, 0.717) is 17.7 Å². The van der Waals surface area contributed by atoms with E-state index in [0.717, 1.165) is 22.4 Å². The minimum absolute atomic E-state index is 0.000221. The predicted octanol–water partition coefficient (Wildman–Crippen LogP) is 4.02. The Morgan fingerprint density at radius 1 is 1.14 bits per heavy atom. The molecule has 0 aliphatic rings. The molecule has 1 aromatic heterocycles. The van der Waals surface area contributed by atoms with Gasteiger partial charge in [-0.1, -0.05) is 54.2 Å². The minimum atomic E-state index is 0.000221. The molecule has 0 atom stereocenters. The zero-order valence-corrected chi connectivity index (χ0v) is 17.0. The molecular weight excluding hydrogens is 374 g/mol. The molecule has 0 saturated heterocycles. The topological polar surface area (TPSA) is 68.5 Å². The molecule has 146 valence electrons. The van der Waals surface area contributed by atoms with Crippen LogP contribution in [0.1, 0.15) is 22.6 Å². The van der Waals surface area contributed by atoms with E-state index in [1.54, 1.807) is 11.9 Å². The lowest BCUT2D eigenvalue weighted by molar-refractivity contribution is -0.127. The molecule has 28 heavy (non-hydrogen) atoms. The normalized spacial score (nSPS) is 10.7. The maximum absolute atomic E-state index is 12.3. The zero-order valence-electron chi connectivity index (χ0n) is 16.2. The number of benzene rings is 2. The molecule has 0 unspecified atom stereocenters. The van der Waals surface area contributed by atoms with Gasteiger partial charge in [-0.25, -0.2) is 0 Å². The average Bonchev–Trinajstić information content (AvgIpc) is 3.15. The highest BCUT2D eigenvalue weighted by atomic mass is 32.2. The molecule has 0 fully saturated rings. The van der Waals surface area contributed by atoms with Crippen molar-refractivity contribution in [1.82, 2.24) is 15.1 Å². The van der Waals surface area contributed by atoms with Crippen LogP contribution in [0.15, 0.2) is 58.2 Å². The number of aryl methyl sites for hydroxylation is 2. The van der Waals surface area contributed by atoms with Crippen molar-refractivity contribution in [2.24, 2.45) is 0 Å². The molecule has 0 aliphatic heterocycles. The molecule has 0 N–H and O–H groups in total. The summed E-state index contributed by atoms with van der Waals surface area (Å²) in [5.41, 5.74) is 3.26. The number of carbonyl (C=O) groups is 1. The Labute approximate surface area is 168 Å². The highest BCUT2D eigenvalue weighted by molar-refractivity contribution is 7.99. The zero-order chi connectivity index (χ0) is 19.9. The number of ether oxygens (including phenoxy) is 1. The number of carbonyl (C=O) groups excluding carboxylic acids is 1. The molecule has 6 nitrogen and oxygen atoms in total. The van der Waals surface area contributed by atoms with Gasteiger partial charge < -0.3 is 14.1 Å². The Bertz CT molecular complexity index is 928. The molecule has 1 amide bonds. The standard InChI is InChI=1S/C21H23N3O3S/c1-15-9-10-16(2)18(11-15)26-13-19-22-23-21(27-19)28-14-20(25)24(3)12-17-7-5-4-6-8-17/h4-11H,12-14H2,1-3H3. The Kier molecular flexibility index (Phi) is 6.71. The van der Waals surface area contributed by atoms with Crippen LogP contribution in [0.5, 0.6) is 5.75 Å². The lowest BCUT2D eigenvalue weighted by Gasteiger charge is -2.16. The number of rotatable bonds is 8. The summed E-state index contributed by atoms with van der Waals surface area (Å²) in [5, 5.41) is 8.33. The number of nitrogens with zero attached hydrogens (tertiary/aromatic N) is 3. The first kappa shape index (κ1) is 19.9. The quantitative estimate of drug-likeness (QED) is 0.535. The summed E-state index contributed by atoms with van der Waals surface area (Å²) in [5.74, 6) is 1.42. The number of thioether (sulfide) groups is 1. The van der Waals surface area contributed by atoms with Crippen molar-refractivity contribution in [3.05, 3.63) is 71.1 Å². The van der Waals surface area contributed by atoms with E-state index >= 15 is 0 Å². The van der Waals surface area contributed by atoms with Crippen LogP contribution in [0.3, 0.4) is 0 Å². The summed E-state index contributed by atoms with van der Waals surface area (Å²) in [6.07, 6.45) is 0. The molecule has 3 aromatic rings. The molecule has 0 radical (unpaired) electrons. The van der Waals surface area contributed by atoms with Gasteiger partial charge >= 0.3 is 0 Å². The third kappa shape index (κ3) is 5.60. The van der Waals surface area contributed by atoms with Gasteiger partial charge in [0, 0.05) is 13.6 Å². The van der Waals surface area contributed by atoms with Crippen molar-refractivity contribution in [1.29, 1.82) is 0 Å². The molecule has 1 heterocycles. The van der Waals surface area contributed by atoms with Gasteiger partial charge in [0.2, 0.25) is 5.91 Å². The third-order valence-corrected chi connectivity index (χ3v) is 4.95. The van der Waals surface area contributed by atoms with Gasteiger partial charge in [0.05, 0.1) is 5.75 Å². The summed E-state index contributed by atoms with van der Waals surface area (Å²) in [4.78, 5) is 14.0. The first-order valence-electron chi connectivity index (χ1n) is 8.94. The second-order valence-electron chi connectivity index (χ2n) is 6.54. The summed E-state index contributed by atoms with van der Waals surface area (Å²) < 4.78 is 11.3. The monoisotopic (exact) mass is 397 g/mol. The molecule has 7 heteroatoms. The fourth-order valence-electron chi connectivity index (χ4n) is 2.54. The van der Waals surface area contributed by atoms with Crippen LogP contribution in [0.2, 0.25) is 0 Å². The molecule has 0 bridgehead atoms. The number of aromatic nitrogens is 2. The fourth-order valence-corrected chi connectivity index (χ4v) is 3.26. The van der Waals surface area contributed by atoms with E-state index < -0.39 is 0 Å². The average molecular weight is 398 g/mol. The maximum atomic E-state index is 12.3. The maximum Gasteiger partial charge on any atom is 0.277 e. The van der Waals surface area contributed by atoms with Crippen molar-refractivity contribution in [2.45, 2.75) is 32.2 Å². The summed E-state index contributed by atoms with van der Waals surface area (Å²) in [6, 6.07) is 15.9. The van der Waals surface area contributed by atoms with Gasteiger partial charge in [0.25, 0.3) is 11.1 Å². The van der Waals surface area contributed by atoms with Gasteiger partial charge in [-0.05, 0) is 36.6 Å². The first-order valence-corrected chi connectivity index (χ1v) is 9.93. The van der Waals surface area contributed by atoms with Crippen LogP contribution in [0.25, 0.3) is 0 Å². The summed E-state index contributed by atoms with van der Waals surface area (Å²) in [6.45, 7) is 4.76. The van der Waals surface area contributed by atoms with E-state index in [4.69, 9.17) is 9.15 Å².